The minimum absolute atomic E-state index is 0.182. The van der Waals surface area contributed by atoms with Gasteiger partial charge in [0, 0.05) is 25.2 Å². The van der Waals surface area contributed by atoms with Gasteiger partial charge in [0.05, 0.1) is 11.8 Å². The third kappa shape index (κ3) is 1.81. The van der Waals surface area contributed by atoms with Crippen LogP contribution in [0.25, 0.3) is 0 Å². The molecule has 1 aliphatic carbocycles. The van der Waals surface area contributed by atoms with Gasteiger partial charge in [0.1, 0.15) is 0 Å². The zero-order chi connectivity index (χ0) is 10.2. The van der Waals surface area contributed by atoms with E-state index in [2.05, 4.69) is 5.10 Å². The Bertz CT molecular complexity index is 315. The van der Waals surface area contributed by atoms with Gasteiger partial charge in [0.2, 0.25) is 0 Å². The van der Waals surface area contributed by atoms with Crippen molar-refractivity contribution >= 4 is 0 Å². The van der Waals surface area contributed by atoms with E-state index >= 15 is 0 Å². The zero-order valence-corrected chi connectivity index (χ0v) is 8.48. The number of hydrogen-bond donors (Lipinski definition) is 2. The molecule has 0 spiro atoms. The molecule has 1 aromatic heterocycles. The quantitative estimate of drug-likeness (QED) is 0.729. The van der Waals surface area contributed by atoms with Crippen molar-refractivity contribution in [3.05, 3.63) is 18.0 Å². The van der Waals surface area contributed by atoms with Gasteiger partial charge in [0.15, 0.2) is 0 Å². The number of aryl methyl sites for hydroxylation is 1. The molecule has 0 radical (unpaired) electrons. The summed E-state index contributed by atoms with van der Waals surface area (Å²) in [4.78, 5) is 0. The zero-order valence-electron chi connectivity index (χ0n) is 8.48. The van der Waals surface area contributed by atoms with E-state index in [1.165, 1.54) is 0 Å². The van der Waals surface area contributed by atoms with E-state index in [1.807, 2.05) is 24.0 Å². The molecule has 0 saturated heterocycles. The van der Waals surface area contributed by atoms with Crippen molar-refractivity contribution in [1.82, 2.24) is 9.78 Å². The van der Waals surface area contributed by atoms with Gasteiger partial charge in [-0.1, -0.05) is 0 Å². The SMILES string of the molecule is CCn1cc(CC2(O)CC(N)C2)cn1. The number of aromatic nitrogens is 2. The molecule has 1 saturated carbocycles. The van der Waals surface area contributed by atoms with Crippen LogP contribution >= 0.6 is 0 Å². The van der Waals surface area contributed by atoms with E-state index in [0.29, 0.717) is 19.3 Å². The summed E-state index contributed by atoms with van der Waals surface area (Å²) in [7, 11) is 0. The summed E-state index contributed by atoms with van der Waals surface area (Å²) < 4.78 is 1.87. The Labute approximate surface area is 83.7 Å². The largest absolute Gasteiger partial charge is 0.389 e. The standard InChI is InChI=1S/C10H17N3O/c1-2-13-7-8(6-12-13)3-10(14)4-9(11)5-10/h6-7,9,14H,2-5,11H2,1H3. The van der Waals surface area contributed by atoms with Gasteiger partial charge < -0.3 is 10.8 Å². The van der Waals surface area contributed by atoms with E-state index in [1.54, 1.807) is 0 Å². The maximum absolute atomic E-state index is 10.00. The van der Waals surface area contributed by atoms with Crippen LogP contribution in [0.2, 0.25) is 0 Å². The lowest BCUT2D eigenvalue weighted by Crippen LogP contribution is -2.52. The molecule has 0 atom stereocenters. The predicted octanol–water partition coefficient (Wildman–Crippen LogP) is 0.298. The fourth-order valence-electron chi connectivity index (χ4n) is 2.11. The molecule has 0 amide bonds. The molecule has 2 rings (SSSR count). The fraction of sp³-hybridized carbons (Fsp3) is 0.700. The summed E-state index contributed by atoms with van der Waals surface area (Å²) in [6.07, 6.45) is 5.92. The molecule has 1 aliphatic rings. The molecule has 1 heterocycles. The summed E-state index contributed by atoms with van der Waals surface area (Å²) in [6.45, 7) is 2.92. The molecule has 0 bridgehead atoms. The first-order valence-electron chi connectivity index (χ1n) is 5.10. The van der Waals surface area contributed by atoms with Crippen molar-refractivity contribution in [3.63, 3.8) is 0 Å². The van der Waals surface area contributed by atoms with Crippen LogP contribution < -0.4 is 5.73 Å². The molecule has 78 valence electrons. The van der Waals surface area contributed by atoms with Crippen molar-refractivity contribution in [2.75, 3.05) is 0 Å². The van der Waals surface area contributed by atoms with E-state index in [4.69, 9.17) is 5.73 Å². The first-order chi connectivity index (χ1) is 6.61. The van der Waals surface area contributed by atoms with Gasteiger partial charge >= 0.3 is 0 Å². The van der Waals surface area contributed by atoms with Crippen molar-refractivity contribution in [2.45, 2.75) is 44.4 Å². The minimum Gasteiger partial charge on any atom is -0.389 e. The van der Waals surface area contributed by atoms with Gasteiger partial charge in [0.25, 0.3) is 0 Å². The van der Waals surface area contributed by atoms with Crippen LogP contribution in [0.5, 0.6) is 0 Å². The van der Waals surface area contributed by atoms with Crippen molar-refractivity contribution < 1.29 is 5.11 Å². The lowest BCUT2D eigenvalue weighted by Gasteiger charge is -2.41. The highest BCUT2D eigenvalue weighted by Gasteiger charge is 2.40. The van der Waals surface area contributed by atoms with Crippen LogP contribution in [0, 0.1) is 0 Å². The Morgan fingerprint density at radius 3 is 2.93 bits per heavy atom. The second-order valence-corrected chi connectivity index (χ2v) is 4.27. The van der Waals surface area contributed by atoms with Crippen molar-refractivity contribution in [3.8, 4) is 0 Å². The van der Waals surface area contributed by atoms with Gasteiger partial charge in [-0.25, -0.2) is 0 Å². The average Bonchev–Trinajstić information content (AvgIpc) is 2.49. The monoisotopic (exact) mass is 195 g/mol. The van der Waals surface area contributed by atoms with E-state index < -0.39 is 5.60 Å². The molecule has 14 heavy (non-hydrogen) atoms. The molecule has 4 heteroatoms. The highest BCUT2D eigenvalue weighted by molar-refractivity contribution is 5.12. The van der Waals surface area contributed by atoms with E-state index in [-0.39, 0.29) is 6.04 Å². The highest BCUT2D eigenvalue weighted by atomic mass is 16.3. The highest BCUT2D eigenvalue weighted by Crippen LogP contribution is 2.33. The van der Waals surface area contributed by atoms with Gasteiger partial charge in [-0.3, -0.25) is 4.68 Å². The minimum atomic E-state index is -0.568. The maximum atomic E-state index is 10.00. The second-order valence-electron chi connectivity index (χ2n) is 4.27. The Morgan fingerprint density at radius 2 is 2.43 bits per heavy atom. The van der Waals surface area contributed by atoms with Gasteiger partial charge in [-0.2, -0.15) is 5.10 Å². The summed E-state index contributed by atoms with van der Waals surface area (Å²) >= 11 is 0. The molecule has 4 nitrogen and oxygen atoms in total. The van der Waals surface area contributed by atoms with E-state index in [0.717, 1.165) is 12.1 Å². The first-order valence-corrected chi connectivity index (χ1v) is 5.10. The molecule has 3 N–H and O–H groups in total. The van der Waals surface area contributed by atoms with Crippen LogP contribution in [-0.4, -0.2) is 26.5 Å². The number of nitrogens with zero attached hydrogens (tertiary/aromatic N) is 2. The van der Waals surface area contributed by atoms with Gasteiger partial charge in [-0.15, -0.1) is 0 Å². The summed E-state index contributed by atoms with van der Waals surface area (Å²) in [5.74, 6) is 0. The molecule has 1 aromatic rings. The molecule has 0 aliphatic heterocycles. The predicted molar refractivity (Wildman–Crippen MR) is 53.8 cm³/mol. The fourth-order valence-corrected chi connectivity index (χ4v) is 2.11. The Morgan fingerprint density at radius 1 is 1.71 bits per heavy atom. The molecular formula is C10H17N3O. The van der Waals surface area contributed by atoms with Gasteiger partial charge in [-0.05, 0) is 25.3 Å². The van der Waals surface area contributed by atoms with E-state index in [9.17, 15) is 5.11 Å². The van der Waals surface area contributed by atoms with Crippen LogP contribution in [0.1, 0.15) is 25.3 Å². The normalized spacial score (nSPS) is 31.5. The third-order valence-corrected chi connectivity index (χ3v) is 2.83. The number of aliphatic hydroxyl groups is 1. The summed E-state index contributed by atoms with van der Waals surface area (Å²) in [5, 5.41) is 14.2. The Hall–Kier alpha value is -0.870. The Balaban J connectivity index is 1.97. The third-order valence-electron chi connectivity index (χ3n) is 2.83. The lowest BCUT2D eigenvalue weighted by atomic mass is 9.73. The van der Waals surface area contributed by atoms with Crippen molar-refractivity contribution in [2.24, 2.45) is 5.73 Å². The smallest absolute Gasteiger partial charge is 0.0718 e. The number of nitrogens with two attached hydrogens (primary N) is 1. The Kier molecular flexibility index (Phi) is 2.33. The maximum Gasteiger partial charge on any atom is 0.0718 e. The average molecular weight is 195 g/mol. The van der Waals surface area contributed by atoms with Crippen LogP contribution in [0.3, 0.4) is 0 Å². The first kappa shape index (κ1) is 9.68. The van der Waals surface area contributed by atoms with Crippen LogP contribution in [0.4, 0.5) is 0 Å². The van der Waals surface area contributed by atoms with Crippen LogP contribution in [-0.2, 0) is 13.0 Å². The number of hydrogen-bond acceptors (Lipinski definition) is 3. The second kappa shape index (κ2) is 3.37. The van der Waals surface area contributed by atoms with Crippen molar-refractivity contribution in [1.29, 1.82) is 0 Å². The van der Waals surface area contributed by atoms with Crippen LogP contribution in [0.15, 0.2) is 12.4 Å². The topological polar surface area (TPSA) is 64.1 Å². The summed E-state index contributed by atoms with van der Waals surface area (Å²) in [6, 6.07) is 0.182. The molecule has 0 unspecified atom stereocenters. The lowest BCUT2D eigenvalue weighted by molar-refractivity contribution is -0.0455. The molecule has 1 fully saturated rings. The molecule has 0 aromatic carbocycles. The number of rotatable bonds is 3. The molecular weight excluding hydrogens is 178 g/mol. The summed E-state index contributed by atoms with van der Waals surface area (Å²) in [5.41, 5.74) is 6.19.